The molecule has 0 radical (unpaired) electrons. The van der Waals surface area contributed by atoms with E-state index >= 15 is 0 Å². The molecule has 0 spiro atoms. The fourth-order valence-electron chi connectivity index (χ4n) is 11.7. The van der Waals surface area contributed by atoms with E-state index in [1.807, 2.05) is 6.07 Å². The molecule has 1 unspecified atom stereocenters. The lowest BCUT2D eigenvalue weighted by atomic mass is 9.67. The molecule has 298 valence electrons. The first-order chi connectivity index (χ1) is 30.4. The van der Waals surface area contributed by atoms with Crippen molar-refractivity contribution in [3.05, 3.63) is 237 Å². The highest BCUT2D eigenvalue weighted by atomic mass is 16.5. The minimum absolute atomic E-state index is 0.354. The molecular weight excluding hydrogens is 753 g/mol. The van der Waals surface area contributed by atoms with Crippen LogP contribution in [0.1, 0.15) is 83.2 Å². The van der Waals surface area contributed by atoms with Gasteiger partial charge in [0.05, 0.1) is 12.0 Å². The van der Waals surface area contributed by atoms with Gasteiger partial charge in [0.1, 0.15) is 5.75 Å². The molecule has 0 bridgehead atoms. The molecule has 4 aliphatic rings. The molecule has 0 aromatic heterocycles. The van der Waals surface area contributed by atoms with Gasteiger partial charge in [-0.05, 0) is 105 Å². The van der Waals surface area contributed by atoms with E-state index < -0.39 is 11.0 Å². The zero-order valence-corrected chi connectivity index (χ0v) is 35.2. The number of hydrogen-bond donors (Lipinski definition) is 0. The van der Waals surface area contributed by atoms with Crippen molar-refractivity contribution in [1.29, 1.82) is 0 Å². The number of fused-ring (bicyclic) bond motifs is 11. The summed E-state index contributed by atoms with van der Waals surface area (Å²) in [5.41, 5.74) is 15.8. The number of ether oxygens (including phenoxy) is 1. The summed E-state index contributed by atoms with van der Waals surface area (Å²) in [5, 5.41) is 2.26. The van der Waals surface area contributed by atoms with Crippen LogP contribution in [0.4, 0.5) is 11.4 Å². The van der Waals surface area contributed by atoms with Gasteiger partial charge >= 0.3 is 0 Å². The molecule has 1 atom stereocenters. The fraction of sp³-hybridized carbons (Fsp3) is 0.169. The first-order valence-corrected chi connectivity index (χ1v) is 22.1. The van der Waals surface area contributed by atoms with Crippen LogP contribution in [-0.2, 0) is 16.4 Å². The minimum atomic E-state index is -0.958. The van der Waals surface area contributed by atoms with Crippen LogP contribution in [0.5, 0.6) is 5.75 Å². The average molecular weight is 799 g/mol. The van der Waals surface area contributed by atoms with Crippen LogP contribution in [-0.4, -0.2) is 13.1 Å². The first kappa shape index (κ1) is 36.7. The number of nitrogens with zero attached hydrogens (tertiary/aromatic N) is 2. The Labute approximate surface area is 364 Å². The second-order valence-electron chi connectivity index (χ2n) is 18.1. The summed E-state index contributed by atoms with van der Waals surface area (Å²) in [7, 11) is 0. The van der Waals surface area contributed by atoms with Crippen molar-refractivity contribution in [3.63, 3.8) is 0 Å². The van der Waals surface area contributed by atoms with Gasteiger partial charge in [-0.2, -0.15) is 0 Å². The third-order valence-electron chi connectivity index (χ3n) is 14.6. The van der Waals surface area contributed by atoms with E-state index in [9.17, 15) is 0 Å². The lowest BCUT2D eigenvalue weighted by molar-refractivity contribution is 0.163. The van der Waals surface area contributed by atoms with Crippen LogP contribution in [0.3, 0.4) is 0 Å². The standard InChI is InChI=1S/C59H46N2O/c1-57(2)52-38-43(60-3)28-32-49(52)54-47-22-11-12-23-48(47)56-50(55(54)57)33-34-58(62-56,39-25-29-44(30-26-39)61-35-15-6-16-36-61)42-27-31-46-45-21-13-14-24-51(45)59(53(46)37-42,40-17-7-4-8-18-40)41-19-9-5-10-20-41/h4-5,7-14,17-34,37-38H,6,15-16,35-36H2,1-2H3. The Morgan fingerprint density at radius 2 is 1.18 bits per heavy atom. The van der Waals surface area contributed by atoms with Crippen LogP contribution in [0.15, 0.2) is 176 Å². The molecule has 2 aliphatic heterocycles. The van der Waals surface area contributed by atoms with E-state index in [1.54, 1.807) is 0 Å². The Morgan fingerprint density at radius 3 is 1.90 bits per heavy atom. The van der Waals surface area contributed by atoms with E-state index in [0.717, 1.165) is 40.9 Å². The van der Waals surface area contributed by atoms with Crippen molar-refractivity contribution in [2.45, 2.75) is 49.5 Å². The predicted octanol–water partition coefficient (Wildman–Crippen LogP) is 14.4. The third kappa shape index (κ3) is 5.04. The molecule has 0 saturated carbocycles. The van der Waals surface area contributed by atoms with E-state index in [4.69, 9.17) is 11.3 Å². The summed E-state index contributed by atoms with van der Waals surface area (Å²) >= 11 is 0. The van der Waals surface area contributed by atoms with Crippen LogP contribution in [0.2, 0.25) is 0 Å². The maximum Gasteiger partial charge on any atom is 0.187 e. The second kappa shape index (κ2) is 13.7. The van der Waals surface area contributed by atoms with Gasteiger partial charge in [0.25, 0.3) is 0 Å². The monoisotopic (exact) mass is 798 g/mol. The molecular formula is C59H46N2O. The van der Waals surface area contributed by atoms with Crippen LogP contribution in [0, 0.1) is 6.57 Å². The molecule has 1 fully saturated rings. The molecule has 0 amide bonds. The number of anilines is 1. The molecule has 8 aromatic carbocycles. The largest absolute Gasteiger partial charge is 0.472 e. The molecule has 12 rings (SSSR count). The Bertz CT molecular complexity index is 3130. The van der Waals surface area contributed by atoms with Gasteiger partial charge < -0.3 is 9.64 Å². The van der Waals surface area contributed by atoms with Gasteiger partial charge in [-0.3, -0.25) is 0 Å². The molecule has 3 heteroatoms. The van der Waals surface area contributed by atoms with Crippen molar-refractivity contribution in [2.24, 2.45) is 0 Å². The van der Waals surface area contributed by atoms with Gasteiger partial charge in [-0.15, -0.1) is 0 Å². The van der Waals surface area contributed by atoms with Gasteiger partial charge in [0.2, 0.25) is 0 Å². The second-order valence-corrected chi connectivity index (χ2v) is 18.1. The molecule has 0 N–H and O–H groups in total. The normalized spacial score (nSPS) is 18.5. The summed E-state index contributed by atoms with van der Waals surface area (Å²) in [5.74, 6) is 0.898. The maximum absolute atomic E-state index is 7.92. The summed E-state index contributed by atoms with van der Waals surface area (Å²) < 4.78 is 7.92. The number of benzene rings is 8. The quantitative estimate of drug-likeness (QED) is 0.161. The zero-order chi connectivity index (χ0) is 41.6. The number of piperidine rings is 1. The molecule has 2 aliphatic carbocycles. The lowest BCUT2D eigenvalue weighted by Crippen LogP contribution is -2.36. The Kier molecular flexibility index (Phi) is 8.09. The Hall–Kier alpha value is -7.15. The summed E-state index contributed by atoms with van der Waals surface area (Å²) in [6.45, 7) is 14.6. The average Bonchev–Trinajstić information content (AvgIpc) is 3.77. The fourth-order valence-corrected chi connectivity index (χ4v) is 11.7. The lowest BCUT2D eigenvalue weighted by Gasteiger charge is -2.40. The van der Waals surface area contributed by atoms with Gasteiger partial charge in [-0.25, -0.2) is 4.85 Å². The van der Waals surface area contributed by atoms with E-state index in [2.05, 4.69) is 200 Å². The van der Waals surface area contributed by atoms with Crippen molar-refractivity contribution in [3.8, 4) is 28.0 Å². The molecule has 1 saturated heterocycles. The third-order valence-corrected chi connectivity index (χ3v) is 14.6. The van der Waals surface area contributed by atoms with Crippen LogP contribution < -0.4 is 9.64 Å². The number of rotatable bonds is 5. The van der Waals surface area contributed by atoms with Crippen molar-refractivity contribution in [2.75, 3.05) is 18.0 Å². The molecule has 8 aromatic rings. The SMILES string of the molecule is [C-]#[N+]c1ccc2c(c1)C(C)(C)c1c3c(c4ccccc4c1-2)OC(c1ccc(N2CCCCC2)cc1)(c1ccc2c(c1)C(c1ccccc1)(c1ccccc1)c1ccccc1-2)C=C3. The van der Waals surface area contributed by atoms with E-state index in [0.29, 0.717) is 5.69 Å². The van der Waals surface area contributed by atoms with E-state index in [1.165, 1.54) is 86.0 Å². The summed E-state index contributed by atoms with van der Waals surface area (Å²) in [4.78, 5) is 6.37. The van der Waals surface area contributed by atoms with Crippen LogP contribution in [0.25, 0.3) is 43.9 Å². The minimum Gasteiger partial charge on any atom is -0.472 e. The highest BCUT2D eigenvalue weighted by Crippen LogP contribution is 2.60. The van der Waals surface area contributed by atoms with Gasteiger partial charge in [0.15, 0.2) is 11.3 Å². The highest BCUT2D eigenvalue weighted by Gasteiger charge is 2.49. The van der Waals surface area contributed by atoms with Crippen molar-refractivity contribution < 1.29 is 4.74 Å². The molecule has 62 heavy (non-hydrogen) atoms. The van der Waals surface area contributed by atoms with Crippen LogP contribution >= 0.6 is 0 Å². The highest BCUT2D eigenvalue weighted by molar-refractivity contribution is 6.08. The smallest absolute Gasteiger partial charge is 0.187 e. The van der Waals surface area contributed by atoms with Crippen molar-refractivity contribution >= 4 is 28.2 Å². The Morgan fingerprint density at radius 1 is 0.548 bits per heavy atom. The van der Waals surface area contributed by atoms with Gasteiger partial charge in [-0.1, -0.05) is 172 Å². The van der Waals surface area contributed by atoms with Crippen molar-refractivity contribution in [1.82, 2.24) is 0 Å². The number of hydrogen-bond acceptors (Lipinski definition) is 2. The molecule has 2 heterocycles. The molecule has 3 nitrogen and oxygen atoms in total. The topological polar surface area (TPSA) is 16.8 Å². The summed E-state index contributed by atoms with van der Waals surface area (Å²) in [6.07, 6.45) is 8.45. The van der Waals surface area contributed by atoms with Gasteiger partial charge in [0, 0.05) is 46.3 Å². The van der Waals surface area contributed by atoms with E-state index in [-0.39, 0.29) is 5.41 Å². The predicted molar refractivity (Wildman–Crippen MR) is 254 cm³/mol. The first-order valence-electron chi connectivity index (χ1n) is 22.1. The zero-order valence-electron chi connectivity index (χ0n) is 35.2. The summed E-state index contributed by atoms with van der Waals surface area (Å²) in [6, 6.07) is 62.4. The maximum atomic E-state index is 7.92. The Balaban J connectivity index is 1.12.